The van der Waals surface area contributed by atoms with E-state index in [-0.39, 0.29) is 5.41 Å². The highest BCUT2D eigenvalue weighted by Gasteiger charge is 2.39. The molecule has 0 saturated heterocycles. The molecule has 0 aromatic heterocycles. The van der Waals surface area contributed by atoms with Crippen LogP contribution < -0.4 is 15.2 Å². The van der Waals surface area contributed by atoms with Crippen LogP contribution >= 0.6 is 11.6 Å². The molecule has 4 heteroatoms. The summed E-state index contributed by atoms with van der Waals surface area (Å²) in [6.07, 6.45) is 5.59. The summed E-state index contributed by atoms with van der Waals surface area (Å²) < 4.78 is 11.6. The molecule has 2 N–H and O–H groups in total. The minimum absolute atomic E-state index is 0.0261. The highest BCUT2D eigenvalue weighted by Crippen LogP contribution is 2.50. The topological polar surface area (TPSA) is 44.5 Å². The van der Waals surface area contributed by atoms with Crippen molar-refractivity contribution in [2.24, 2.45) is 5.73 Å². The Bertz CT molecular complexity index is 510. The van der Waals surface area contributed by atoms with Gasteiger partial charge in [-0.2, -0.15) is 0 Å². The Balaban J connectivity index is 2.19. The van der Waals surface area contributed by atoms with E-state index in [9.17, 15) is 0 Å². The zero-order valence-corrected chi connectivity index (χ0v) is 12.8. The number of hydrogen-bond donors (Lipinski definition) is 1. The first kappa shape index (κ1) is 14.0. The Hall–Kier alpha value is -0.930. The van der Waals surface area contributed by atoms with Crippen molar-refractivity contribution in [3.8, 4) is 11.5 Å². The second kappa shape index (κ2) is 5.45. The molecule has 20 heavy (non-hydrogen) atoms. The van der Waals surface area contributed by atoms with Crippen molar-refractivity contribution >= 4 is 11.6 Å². The normalized spacial score (nSPS) is 20.1. The van der Waals surface area contributed by atoms with Gasteiger partial charge in [0.15, 0.2) is 11.5 Å². The molecule has 0 spiro atoms. The van der Waals surface area contributed by atoms with E-state index < -0.39 is 0 Å². The minimum atomic E-state index is 0.0261. The van der Waals surface area contributed by atoms with Crippen LogP contribution in [0.25, 0.3) is 0 Å². The molecule has 1 aromatic rings. The van der Waals surface area contributed by atoms with E-state index in [4.69, 9.17) is 26.8 Å². The van der Waals surface area contributed by atoms with E-state index in [0.29, 0.717) is 19.8 Å². The highest BCUT2D eigenvalue weighted by atomic mass is 35.5. The second-order valence-electron chi connectivity index (χ2n) is 5.78. The zero-order chi connectivity index (χ0) is 14.2. The summed E-state index contributed by atoms with van der Waals surface area (Å²) in [5.41, 5.74) is 8.57. The van der Waals surface area contributed by atoms with Crippen LogP contribution in [-0.2, 0) is 11.8 Å². The number of ether oxygens (including phenoxy) is 2. The summed E-state index contributed by atoms with van der Waals surface area (Å²) in [6.45, 7) is 4.00. The standard InChI is InChI=1S/C16H22ClNO2/c1-2-11-14(16(10-18)5-3-4-6-16)12(17)9-13-15(11)20-8-7-19-13/h9H,2-8,10,18H2,1H3. The molecule has 1 aromatic carbocycles. The summed E-state index contributed by atoms with van der Waals surface area (Å²) in [5, 5.41) is 0.790. The smallest absolute Gasteiger partial charge is 0.164 e. The van der Waals surface area contributed by atoms with Crippen LogP contribution in [0, 0.1) is 0 Å². The third-order valence-corrected chi connectivity index (χ3v) is 5.02. The van der Waals surface area contributed by atoms with Gasteiger partial charge in [0.25, 0.3) is 0 Å². The molecule has 2 aliphatic rings. The molecule has 1 heterocycles. The van der Waals surface area contributed by atoms with E-state index >= 15 is 0 Å². The molecule has 0 radical (unpaired) electrons. The van der Waals surface area contributed by atoms with Crippen LogP contribution in [0.1, 0.15) is 43.7 Å². The summed E-state index contributed by atoms with van der Waals surface area (Å²) in [6, 6.07) is 1.92. The van der Waals surface area contributed by atoms with Crippen LogP contribution in [0.5, 0.6) is 11.5 Å². The molecule has 3 rings (SSSR count). The van der Waals surface area contributed by atoms with Gasteiger partial charge in [-0.1, -0.05) is 31.4 Å². The fraction of sp³-hybridized carbons (Fsp3) is 0.625. The summed E-state index contributed by atoms with van der Waals surface area (Å²) in [4.78, 5) is 0. The second-order valence-corrected chi connectivity index (χ2v) is 6.19. The SMILES string of the molecule is CCc1c2c(cc(Cl)c1C1(CN)CCCC1)OCCO2. The average Bonchev–Trinajstić information content (AvgIpc) is 2.95. The molecule has 0 atom stereocenters. The van der Waals surface area contributed by atoms with Gasteiger partial charge in [0.2, 0.25) is 0 Å². The van der Waals surface area contributed by atoms with Crippen molar-refractivity contribution in [3.05, 3.63) is 22.2 Å². The number of nitrogens with two attached hydrogens (primary N) is 1. The molecular formula is C16H22ClNO2. The Morgan fingerprint density at radius 1 is 1.25 bits per heavy atom. The summed E-state index contributed by atoms with van der Waals surface area (Å²) >= 11 is 6.60. The largest absolute Gasteiger partial charge is 0.486 e. The lowest BCUT2D eigenvalue weighted by atomic mass is 9.75. The average molecular weight is 296 g/mol. The van der Waals surface area contributed by atoms with Gasteiger partial charge < -0.3 is 15.2 Å². The molecule has 1 saturated carbocycles. The fourth-order valence-electron chi connectivity index (χ4n) is 3.74. The first-order chi connectivity index (χ1) is 9.72. The maximum absolute atomic E-state index is 6.60. The molecule has 110 valence electrons. The van der Waals surface area contributed by atoms with Crippen LogP contribution in [0.2, 0.25) is 5.02 Å². The van der Waals surface area contributed by atoms with E-state index in [2.05, 4.69) is 6.92 Å². The zero-order valence-electron chi connectivity index (χ0n) is 12.0. The van der Waals surface area contributed by atoms with E-state index in [1.54, 1.807) is 0 Å². The number of halogens is 1. The minimum Gasteiger partial charge on any atom is -0.486 e. The van der Waals surface area contributed by atoms with Gasteiger partial charge in [-0.05, 0) is 24.8 Å². The highest BCUT2D eigenvalue weighted by molar-refractivity contribution is 6.31. The Kier molecular flexibility index (Phi) is 3.83. The van der Waals surface area contributed by atoms with Crippen LogP contribution in [-0.4, -0.2) is 19.8 Å². The number of benzene rings is 1. The Morgan fingerprint density at radius 3 is 2.60 bits per heavy atom. The lowest BCUT2D eigenvalue weighted by Gasteiger charge is -2.33. The lowest BCUT2D eigenvalue weighted by molar-refractivity contribution is 0.169. The molecule has 1 aliphatic heterocycles. The van der Waals surface area contributed by atoms with Crippen LogP contribution in [0.3, 0.4) is 0 Å². The first-order valence-electron chi connectivity index (χ1n) is 7.53. The molecule has 0 amide bonds. The number of fused-ring (bicyclic) bond motifs is 1. The third kappa shape index (κ3) is 2.08. The van der Waals surface area contributed by atoms with E-state index in [1.165, 1.54) is 24.0 Å². The summed E-state index contributed by atoms with van der Waals surface area (Å²) in [7, 11) is 0. The molecule has 0 unspecified atom stereocenters. The van der Waals surface area contributed by atoms with Crippen molar-refractivity contribution in [1.82, 2.24) is 0 Å². The fourth-order valence-corrected chi connectivity index (χ4v) is 4.15. The maximum atomic E-state index is 6.60. The van der Waals surface area contributed by atoms with E-state index in [1.807, 2.05) is 6.07 Å². The molecule has 0 bridgehead atoms. The summed E-state index contributed by atoms with van der Waals surface area (Å²) in [5.74, 6) is 1.67. The lowest BCUT2D eigenvalue weighted by Crippen LogP contribution is -2.34. The van der Waals surface area contributed by atoms with Gasteiger partial charge in [-0.3, -0.25) is 0 Å². The number of hydrogen-bond acceptors (Lipinski definition) is 3. The quantitative estimate of drug-likeness (QED) is 0.929. The van der Waals surface area contributed by atoms with E-state index in [0.717, 1.165) is 35.8 Å². The van der Waals surface area contributed by atoms with Crippen molar-refractivity contribution in [2.75, 3.05) is 19.8 Å². The predicted octanol–water partition coefficient (Wildman–Crippen LogP) is 3.44. The first-order valence-corrected chi connectivity index (χ1v) is 7.91. The molecular weight excluding hydrogens is 274 g/mol. The van der Waals surface area contributed by atoms with Crippen molar-refractivity contribution < 1.29 is 9.47 Å². The Labute approximate surface area is 125 Å². The van der Waals surface area contributed by atoms with Crippen molar-refractivity contribution in [1.29, 1.82) is 0 Å². The van der Waals surface area contributed by atoms with Gasteiger partial charge in [-0.25, -0.2) is 0 Å². The molecule has 1 aliphatic carbocycles. The monoisotopic (exact) mass is 295 g/mol. The maximum Gasteiger partial charge on any atom is 0.164 e. The van der Waals surface area contributed by atoms with Gasteiger partial charge in [0, 0.05) is 28.6 Å². The number of rotatable bonds is 3. The predicted molar refractivity (Wildman–Crippen MR) is 81.0 cm³/mol. The third-order valence-electron chi connectivity index (χ3n) is 4.72. The van der Waals surface area contributed by atoms with Crippen LogP contribution in [0.4, 0.5) is 0 Å². The van der Waals surface area contributed by atoms with Gasteiger partial charge in [-0.15, -0.1) is 0 Å². The molecule has 1 fully saturated rings. The van der Waals surface area contributed by atoms with Gasteiger partial charge >= 0.3 is 0 Å². The molecule has 3 nitrogen and oxygen atoms in total. The van der Waals surface area contributed by atoms with Crippen molar-refractivity contribution in [3.63, 3.8) is 0 Å². The Morgan fingerprint density at radius 2 is 1.95 bits per heavy atom. The van der Waals surface area contributed by atoms with Gasteiger partial charge in [0.05, 0.1) is 0 Å². The van der Waals surface area contributed by atoms with Crippen LogP contribution in [0.15, 0.2) is 6.07 Å². The van der Waals surface area contributed by atoms with Crippen molar-refractivity contribution in [2.45, 2.75) is 44.4 Å². The van der Waals surface area contributed by atoms with Gasteiger partial charge in [0.1, 0.15) is 13.2 Å².